The fraction of sp³-hybridized carbons (Fsp3) is 0.176. The minimum Gasteiger partial charge on any atom is -0.347 e. The van der Waals surface area contributed by atoms with Crippen molar-refractivity contribution in [3.8, 4) is 11.1 Å². The Morgan fingerprint density at radius 2 is 2.09 bits per heavy atom. The van der Waals surface area contributed by atoms with Crippen LogP contribution in [-0.2, 0) is 11.3 Å². The number of carbonyl (C=O) groups is 1. The van der Waals surface area contributed by atoms with E-state index >= 15 is 0 Å². The molecule has 0 saturated carbocycles. The number of pyridine rings is 1. The maximum Gasteiger partial charge on any atom is 0.241 e. The lowest BCUT2D eigenvalue weighted by atomic mass is 10.1. The smallest absolute Gasteiger partial charge is 0.241 e. The maximum atomic E-state index is 14.0. The van der Waals surface area contributed by atoms with Gasteiger partial charge in [-0.05, 0) is 23.8 Å². The van der Waals surface area contributed by atoms with E-state index in [9.17, 15) is 9.18 Å². The Bertz CT molecular complexity index is 889. The average Bonchev–Trinajstić information content (AvgIpc) is 2.83. The molecule has 0 bridgehead atoms. The summed E-state index contributed by atoms with van der Waals surface area (Å²) in [6, 6.07) is 9.18. The highest BCUT2D eigenvalue weighted by Gasteiger charge is 2.14. The van der Waals surface area contributed by atoms with Gasteiger partial charge in [-0.25, -0.2) is 4.39 Å². The minimum absolute atomic E-state index is 0.0636. The maximum absolute atomic E-state index is 14.0. The number of hydrogen-bond acceptors (Lipinski definition) is 2. The van der Waals surface area contributed by atoms with Crippen LogP contribution in [0.25, 0.3) is 22.2 Å². The number of fused-ring (bicyclic) bond motifs is 1. The topological polar surface area (TPSA) is 38.1 Å². The summed E-state index contributed by atoms with van der Waals surface area (Å²) in [5, 5.41) is 0.618. The SMILES string of the molecule is CN(C)C(=O)Cn1cc(F)c2ncc(-c3cccc(Cl)c3)cc21. The van der Waals surface area contributed by atoms with Crippen molar-refractivity contribution in [1.82, 2.24) is 14.5 Å². The van der Waals surface area contributed by atoms with Crippen LogP contribution in [0.15, 0.2) is 42.7 Å². The Kier molecular flexibility index (Phi) is 4.05. The Morgan fingerprint density at radius 1 is 1.30 bits per heavy atom. The van der Waals surface area contributed by atoms with Crippen LogP contribution in [0.1, 0.15) is 0 Å². The van der Waals surface area contributed by atoms with Crippen molar-refractivity contribution in [3.63, 3.8) is 0 Å². The molecule has 0 fully saturated rings. The van der Waals surface area contributed by atoms with Gasteiger partial charge in [-0.15, -0.1) is 0 Å². The Hall–Kier alpha value is -2.40. The molecule has 0 N–H and O–H groups in total. The summed E-state index contributed by atoms with van der Waals surface area (Å²) in [6.07, 6.45) is 2.91. The van der Waals surface area contributed by atoms with Crippen LogP contribution in [0, 0.1) is 5.82 Å². The summed E-state index contributed by atoms with van der Waals surface area (Å²) in [5.41, 5.74) is 2.54. The van der Waals surface area contributed by atoms with Gasteiger partial charge in [0.1, 0.15) is 12.1 Å². The van der Waals surface area contributed by atoms with Gasteiger partial charge >= 0.3 is 0 Å². The molecule has 0 aliphatic rings. The largest absolute Gasteiger partial charge is 0.347 e. The van der Waals surface area contributed by atoms with Gasteiger partial charge in [0.25, 0.3) is 0 Å². The van der Waals surface area contributed by atoms with Crippen molar-refractivity contribution < 1.29 is 9.18 Å². The normalized spacial score (nSPS) is 11.0. The van der Waals surface area contributed by atoms with E-state index in [4.69, 9.17) is 11.6 Å². The fourth-order valence-electron chi connectivity index (χ4n) is 2.37. The molecule has 0 saturated heterocycles. The first-order valence-electron chi connectivity index (χ1n) is 7.06. The first-order valence-corrected chi connectivity index (χ1v) is 7.44. The molecule has 0 unspecified atom stereocenters. The monoisotopic (exact) mass is 331 g/mol. The molecule has 3 aromatic rings. The van der Waals surface area contributed by atoms with Crippen molar-refractivity contribution in [3.05, 3.63) is 53.6 Å². The van der Waals surface area contributed by atoms with E-state index in [2.05, 4.69) is 4.98 Å². The minimum atomic E-state index is -0.441. The van der Waals surface area contributed by atoms with Gasteiger partial charge in [-0.2, -0.15) is 0 Å². The molecule has 0 spiro atoms. The van der Waals surface area contributed by atoms with E-state index in [1.54, 1.807) is 30.9 Å². The highest BCUT2D eigenvalue weighted by atomic mass is 35.5. The van der Waals surface area contributed by atoms with Gasteiger partial charge in [-0.1, -0.05) is 23.7 Å². The summed E-state index contributed by atoms with van der Waals surface area (Å²) in [6.45, 7) is 0.0636. The van der Waals surface area contributed by atoms with E-state index < -0.39 is 5.82 Å². The molecule has 1 aromatic carbocycles. The summed E-state index contributed by atoms with van der Waals surface area (Å²) in [4.78, 5) is 17.6. The Morgan fingerprint density at radius 3 is 2.78 bits per heavy atom. The van der Waals surface area contributed by atoms with Gasteiger partial charge in [0.15, 0.2) is 5.82 Å². The first kappa shape index (κ1) is 15.5. The van der Waals surface area contributed by atoms with Gasteiger partial charge in [0, 0.05) is 37.1 Å². The van der Waals surface area contributed by atoms with Crippen molar-refractivity contribution in [2.24, 2.45) is 0 Å². The van der Waals surface area contributed by atoms with Crippen molar-refractivity contribution in [1.29, 1.82) is 0 Å². The van der Waals surface area contributed by atoms with Crippen molar-refractivity contribution in [2.75, 3.05) is 14.1 Å². The zero-order chi connectivity index (χ0) is 16.6. The molecule has 0 radical (unpaired) electrons. The van der Waals surface area contributed by atoms with E-state index in [1.807, 2.05) is 24.3 Å². The third kappa shape index (κ3) is 3.05. The molecule has 0 atom stereocenters. The number of benzene rings is 1. The summed E-state index contributed by atoms with van der Waals surface area (Å²) >= 11 is 6.02. The lowest BCUT2D eigenvalue weighted by Gasteiger charge is -2.11. The second-order valence-electron chi connectivity index (χ2n) is 5.50. The summed E-state index contributed by atoms with van der Waals surface area (Å²) in [5.74, 6) is -0.556. The standard InChI is InChI=1S/C17H15ClFN3O/c1-21(2)16(23)10-22-9-14(19)17-15(22)7-12(8-20-17)11-4-3-5-13(18)6-11/h3-9H,10H2,1-2H3. The second-order valence-corrected chi connectivity index (χ2v) is 5.93. The number of aromatic nitrogens is 2. The third-order valence-corrected chi connectivity index (χ3v) is 3.87. The molecule has 118 valence electrons. The molecule has 1 amide bonds. The molecule has 3 rings (SSSR count). The van der Waals surface area contributed by atoms with E-state index in [1.165, 1.54) is 11.1 Å². The fourth-order valence-corrected chi connectivity index (χ4v) is 2.56. The summed E-state index contributed by atoms with van der Waals surface area (Å²) < 4.78 is 15.6. The van der Waals surface area contributed by atoms with Crippen LogP contribution >= 0.6 is 11.6 Å². The summed E-state index contributed by atoms with van der Waals surface area (Å²) in [7, 11) is 3.33. The number of amides is 1. The van der Waals surface area contributed by atoms with E-state index in [0.717, 1.165) is 11.1 Å². The zero-order valence-corrected chi connectivity index (χ0v) is 13.5. The van der Waals surface area contributed by atoms with Gasteiger partial charge in [-0.3, -0.25) is 9.78 Å². The van der Waals surface area contributed by atoms with Crippen LogP contribution in [0.4, 0.5) is 4.39 Å². The van der Waals surface area contributed by atoms with E-state index in [-0.39, 0.29) is 18.0 Å². The molecular formula is C17H15ClFN3O. The lowest BCUT2D eigenvalue weighted by Crippen LogP contribution is -2.25. The molecule has 6 heteroatoms. The predicted octanol–water partition coefficient (Wildman–Crippen LogP) is 3.58. The third-order valence-electron chi connectivity index (χ3n) is 3.63. The molecule has 4 nitrogen and oxygen atoms in total. The van der Waals surface area contributed by atoms with Crippen LogP contribution in [0.2, 0.25) is 5.02 Å². The van der Waals surface area contributed by atoms with Crippen molar-refractivity contribution >= 4 is 28.5 Å². The highest BCUT2D eigenvalue weighted by Crippen LogP contribution is 2.27. The number of hydrogen-bond donors (Lipinski definition) is 0. The van der Waals surface area contributed by atoms with Gasteiger partial charge in [0.2, 0.25) is 5.91 Å². The molecule has 0 aliphatic carbocycles. The highest BCUT2D eigenvalue weighted by molar-refractivity contribution is 6.30. The molecule has 2 heterocycles. The quantitative estimate of drug-likeness (QED) is 0.735. The van der Waals surface area contributed by atoms with Crippen LogP contribution in [0.5, 0.6) is 0 Å². The molecule has 2 aromatic heterocycles. The second kappa shape index (κ2) is 6.01. The zero-order valence-electron chi connectivity index (χ0n) is 12.8. The predicted molar refractivity (Wildman–Crippen MR) is 88.8 cm³/mol. The van der Waals surface area contributed by atoms with Crippen LogP contribution < -0.4 is 0 Å². The van der Waals surface area contributed by atoms with Gasteiger partial charge in [0.05, 0.1) is 5.52 Å². The number of likely N-dealkylation sites (N-methyl/N-ethyl adjacent to an activating group) is 1. The number of nitrogens with zero attached hydrogens (tertiary/aromatic N) is 3. The number of rotatable bonds is 3. The average molecular weight is 332 g/mol. The van der Waals surface area contributed by atoms with Crippen molar-refractivity contribution in [2.45, 2.75) is 6.54 Å². The lowest BCUT2D eigenvalue weighted by molar-refractivity contribution is -0.129. The molecule has 23 heavy (non-hydrogen) atoms. The Labute approximate surface area is 138 Å². The first-order chi connectivity index (χ1) is 11.0. The molecular weight excluding hydrogens is 317 g/mol. The van der Waals surface area contributed by atoms with Gasteiger partial charge < -0.3 is 9.47 Å². The Balaban J connectivity index is 2.09. The number of halogens is 2. The number of carbonyl (C=O) groups excluding carboxylic acids is 1. The molecule has 0 aliphatic heterocycles. The van der Waals surface area contributed by atoms with Crippen LogP contribution in [0.3, 0.4) is 0 Å². The van der Waals surface area contributed by atoms with Crippen LogP contribution in [-0.4, -0.2) is 34.5 Å². The van der Waals surface area contributed by atoms with E-state index in [0.29, 0.717) is 10.5 Å².